The van der Waals surface area contributed by atoms with E-state index in [9.17, 15) is 0 Å². The van der Waals surface area contributed by atoms with Gasteiger partial charge >= 0.3 is 0 Å². The number of rotatable bonds is 2. The van der Waals surface area contributed by atoms with Gasteiger partial charge in [0.25, 0.3) is 5.78 Å². The number of nitrogens with zero attached hydrogens (tertiary/aromatic N) is 4. The van der Waals surface area contributed by atoms with E-state index in [4.69, 9.17) is 25.8 Å². The van der Waals surface area contributed by atoms with E-state index in [-0.39, 0.29) is 11.9 Å². The van der Waals surface area contributed by atoms with Crippen LogP contribution in [0.5, 0.6) is 23.1 Å². The fraction of sp³-hybridized carbons (Fsp3) is 0.0833. The molecule has 3 heterocycles. The first kappa shape index (κ1) is 11.3. The lowest BCUT2D eigenvalue weighted by Gasteiger charge is -2.07. The van der Waals surface area contributed by atoms with Crippen LogP contribution >= 0.6 is 11.6 Å². The summed E-state index contributed by atoms with van der Waals surface area (Å²) in [6.45, 7) is 0.215. The molecule has 0 saturated carbocycles. The SMILES string of the molecule is Clc1cc(Oc2ccc3c(c2)OCO3)n2ncnc2n1. The third kappa shape index (κ3) is 1.79. The van der Waals surface area contributed by atoms with Gasteiger partial charge in [0.1, 0.15) is 17.2 Å². The number of benzene rings is 1. The molecule has 0 bridgehead atoms. The minimum atomic E-state index is 0.215. The molecule has 1 aliphatic heterocycles. The van der Waals surface area contributed by atoms with Gasteiger partial charge in [-0.15, -0.1) is 0 Å². The van der Waals surface area contributed by atoms with Gasteiger partial charge in [0.05, 0.1) is 0 Å². The van der Waals surface area contributed by atoms with Crippen LogP contribution in [0.2, 0.25) is 5.15 Å². The minimum absolute atomic E-state index is 0.215. The molecule has 0 N–H and O–H groups in total. The number of fused-ring (bicyclic) bond motifs is 2. The number of halogens is 1. The topological polar surface area (TPSA) is 70.8 Å². The second kappa shape index (κ2) is 4.24. The zero-order chi connectivity index (χ0) is 13.5. The maximum atomic E-state index is 5.92. The molecular formula is C12H7ClN4O3. The summed E-state index contributed by atoms with van der Waals surface area (Å²) in [5, 5.41) is 4.31. The molecule has 2 aromatic heterocycles. The molecule has 20 heavy (non-hydrogen) atoms. The second-order valence-corrected chi connectivity index (χ2v) is 4.39. The van der Waals surface area contributed by atoms with Gasteiger partial charge in [-0.1, -0.05) is 11.6 Å². The maximum Gasteiger partial charge on any atom is 0.256 e. The maximum absolute atomic E-state index is 5.92. The summed E-state index contributed by atoms with van der Waals surface area (Å²) >= 11 is 5.92. The molecule has 3 aromatic rings. The van der Waals surface area contributed by atoms with E-state index in [0.29, 0.717) is 28.9 Å². The Bertz CT molecular complexity index is 804. The van der Waals surface area contributed by atoms with E-state index >= 15 is 0 Å². The summed E-state index contributed by atoms with van der Waals surface area (Å²) in [6.07, 6.45) is 1.38. The van der Waals surface area contributed by atoms with Crippen LogP contribution < -0.4 is 14.2 Å². The van der Waals surface area contributed by atoms with Gasteiger partial charge < -0.3 is 14.2 Å². The minimum Gasteiger partial charge on any atom is -0.454 e. The van der Waals surface area contributed by atoms with Crippen molar-refractivity contribution in [2.45, 2.75) is 0 Å². The number of hydrogen-bond donors (Lipinski definition) is 0. The van der Waals surface area contributed by atoms with Crippen LogP contribution in [-0.4, -0.2) is 26.4 Å². The summed E-state index contributed by atoms with van der Waals surface area (Å²) in [7, 11) is 0. The van der Waals surface area contributed by atoms with E-state index in [1.807, 2.05) is 0 Å². The predicted octanol–water partition coefficient (Wildman–Crippen LogP) is 2.30. The molecule has 7 nitrogen and oxygen atoms in total. The Labute approximate surface area is 117 Å². The Kier molecular flexibility index (Phi) is 2.40. The molecule has 0 unspecified atom stereocenters. The average molecular weight is 291 g/mol. The molecule has 0 aliphatic carbocycles. The summed E-state index contributed by atoms with van der Waals surface area (Å²) in [4.78, 5) is 8.00. The zero-order valence-electron chi connectivity index (χ0n) is 9.99. The second-order valence-electron chi connectivity index (χ2n) is 4.01. The Morgan fingerprint density at radius 1 is 1.20 bits per heavy atom. The quantitative estimate of drug-likeness (QED) is 0.674. The molecule has 100 valence electrons. The van der Waals surface area contributed by atoms with Crippen LogP contribution in [-0.2, 0) is 0 Å². The molecule has 0 atom stereocenters. The molecule has 1 aliphatic rings. The Morgan fingerprint density at radius 2 is 2.10 bits per heavy atom. The van der Waals surface area contributed by atoms with Crippen molar-refractivity contribution < 1.29 is 14.2 Å². The lowest BCUT2D eigenvalue weighted by molar-refractivity contribution is 0.174. The van der Waals surface area contributed by atoms with Crippen molar-refractivity contribution in [3.63, 3.8) is 0 Å². The van der Waals surface area contributed by atoms with Crippen molar-refractivity contribution in [1.82, 2.24) is 19.6 Å². The van der Waals surface area contributed by atoms with Crippen LogP contribution in [0.1, 0.15) is 0 Å². The van der Waals surface area contributed by atoms with Crippen molar-refractivity contribution in [1.29, 1.82) is 0 Å². The van der Waals surface area contributed by atoms with Crippen LogP contribution in [0.4, 0.5) is 0 Å². The van der Waals surface area contributed by atoms with Crippen LogP contribution in [0, 0.1) is 0 Å². The van der Waals surface area contributed by atoms with Gasteiger partial charge in [0, 0.05) is 12.1 Å². The summed E-state index contributed by atoms with van der Waals surface area (Å²) in [5.41, 5.74) is 0. The van der Waals surface area contributed by atoms with Crippen molar-refractivity contribution in [3.05, 3.63) is 35.7 Å². The number of ether oxygens (including phenoxy) is 3. The first-order valence-corrected chi connectivity index (χ1v) is 6.11. The van der Waals surface area contributed by atoms with Gasteiger partial charge in [0.2, 0.25) is 12.7 Å². The Balaban J connectivity index is 1.75. The van der Waals surface area contributed by atoms with E-state index < -0.39 is 0 Å². The van der Waals surface area contributed by atoms with Gasteiger partial charge in [-0.25, -0.2) is 0 Å². The van der Waals surface area contributed by atoms with Crippen molar-refractivity contribution >= 4 is 17.4 Å². The van der Waals surface area contributed by atoms with E-state index in [0.717, 1.165) is 0 Å². The van der Waals surface area contributed by atoms with Crippen molar-refractivity contribution in [2.24, 2.45) is 0 Å². The molecule has 0 fully saturated rings. The van der Waals surface area contributed by atoms with E-state index in [2.05, 4.69) is 15.1 Å². The van der Waals surface area contributed by atoms with Gasteiger partial charge in [-0.2, -0.15) is 19.6 Å². The average Bonchev–Trinajstić information content (AvgIpc) is 3.05. The molecule has 0 spiro atoms. The van der Waals surface area contributed by atoms with Gasteiger partial charge in [-0.3, -0.25) is 0 Å². The van der Waals surface area contributed by atoms with Crippen LogP contribution in [0.3, 0.4) is 0 Å². The first-order chi connectivity index (χ1) is 9.79. The zero-order valence-corrected chi connectivity index (χ0v) is 10.7. The highest BCUT2D eigenvalue weighted by molar-refractivity contribution is 6.29. The summed E-state index contributed by atoms with van der Waals surface area (Å²) < 4.78 is 17.8. The Hall–Kier alpha value is -2.54. The third-order valence-corrected chi connectivity index (χ3v) is 2.95. The lowest BCUT2D eigenvalue weighted by Crippen LogP contribution is -1.97. The molecule has 1 aromatic carbocycles. The molecule has 8 heteroatoms. The highest BCUT2D eigenvalue weighted by Gasteiger charge is 2.15. The molecule has 0 amide bonds. The predicted molar refractivity (Wildman–Crippen MR) is 68.4 cm³/mol. The largest absolute Gasteiger partial charge is 0.454 e. The monoisotopic (exact) mass is 290 g/mol. The molecular weight excluding hydrogens is 284 g/mol. The van der Waals surface area contributed by atoms with Gasteiger partial charge in [-0.05, 0) is 12.1 Å². The number of hydrogen-bond acceptors (Lipinski definition) is 6. The Morgan fingerprint density at radius 3 is 3.05 bits per heavy atom. The highest BCUT2D eigenvalue weighted by Crippen LogP contribution is 2.36. The summed E-state index contributed by atoms with van der Waals surface area (Å²) in [6, 6.07) is 6.84. The van der Waals surface area contributed by atoms with E-state index in [1.165, 1.54) is 10.8 Å². The van der Waals surface area contributed by atoms with Gasteiger partial charge in [0.15, 0.2) is 11.5 Å². The smallest absolute Gasteiger partial charge is 0.256 e. The molecule has 0 radical (unpaired) electrons. The standard InChI is InChI=1S/C12H7ClN4O3/c13-10-4-11(17-12(16-10)14-5-15-17)20-7-1-2-8-9(3-7)19-6-18-8/h1-5H,6H2. The van der Waals surface area contributed by atoms with Crippen molar-refractivity contribution in [3.8, 4) is 23.1 Å². The number of aromatic nitrogens is 4. The lowest BCUT2D eigenvalue weighted by atomic mass is 10.3. The summed E-state index contributed by atoms with van der Waals surface area (Å²) in [5.74, 6) is 2.69. The highest BCUT2D eigenvalue weighted by atomic mass is 35.5. The fourth-order valence-corrected chi connectivity index (χ4v) is 2.06. The molecule has 0 saturated heterocycles. The first-order valence-electron chi connectivity index (χ1n) is 5.73. The van der Waals surface area contributed by atoms with Crippen LogP contribution in [0.25, 0.3) is 5.78 Å². The third-order valence-electron chi connectivity index (χ3n) is 2.75. The molecule has 4 rings (SSSR count). The normalized spacial score (nSPS) is 12.8. The van der Waals surface area contributed by atoms with Crippen molar-refractivity contribution in [2.75, 3.05) is 6.79 Å². The fourth-order valence-electron chi connectivity index (χ4n) is 1.89. The van der Waals surface area contributed by atoms with E-state index in [1.54, 1.807) is 24.3 Å². The van der Waals surface area contributed by atoms with Crippen LogP contribution in [0.15, 0.2) is 30.6 Å².